The first kappa shape index (κ1) is 27.7. The first-order valence-electron chi connectivity index (χ1n) is 10.8. The first-order valence-corrected chi connectivity index (χ1v) is 12.4. The fraction of sp³-hybridized carbons (Fsp3) is 0.304. The number of carbonyl (C=O) groups is 3. The second kappa shape index (κ2) is 13.4. The van der Waals surface area contributed by atoms with Crippen LogP contribution in [0.1, 0.15) is 12.5 Å². The van der Waals surface area contributed by atoms with E-state index in [2.05, 4.69) is 31.8 Å². The van der Waals surface area contributed by atoms with Gasteiger partial charge in [-0.15, -0.1) is 0 Å². The van der Waals surface area contributed by atoms with Crippen LogP contribution < -0.4 is 20.2 Å². The number of anilines is 1. The van der Waals surface area contributed by atoms with Crippen molar-refractivity contribution in [2.24, 2.45) is 5.10 Å². The molecule has 1 aliphatic heterocycles. The van der Waals surface area contributed by atoms with Gasteiger partial charge in [-0.1, -0.05) is 29.3 Å². The zero-order valence-corrected chi connectivity index (χ0v) is 22.3. The van der Waals surface area contributed by atoms with Crippen LogP contribution in [0.25, 0.3) is 0 Å². The molecule has 3 amide bonds. The lowest BCUT2D eigenvalue weighted by Crippen LogP contribution is -2.43. The molecule has 2 N–H and O–H groups in total. The number of carbonyl (C=O) groups excluding carboxylic acids is 3. The average molecular weight is 602 g/mol. The van der Waals surface area contributed by atoms with Gasteiger partial charge >= 0.3 is 11.8 Å². The van der Waals surface area contributed by atoms with E-state index in [1.165, 1.54) is 12.3 Å². The zero-order chi connectivity index (χ0) is 26.1. The Kier molecular flexibility index (Phi) is 10.4. The minimum absolute atomic E-state index is 0.117. The van der Waals surface area contributed by atoms with Crippen molar-refractivity contribution in [3.63, 3.8) is 0 Å². The molecule has 1 saturated heterocycles. The number of ether oxygens (including phenoxy) is 3. The maximum Gasteiger partial charge on any atom is 0.329 e. The molecule has 3 rings (SSSR count). The topological polar surface area (TPSA) is 119 Å². The summed E-state index contributed by atoms with van der Waals surface area (Å²) in [5.41, 5.74) is 2.88. The lowest BCUT2D eigenvalue weighted by atomic mass is 10.2. The summed E-state index contributed by atoms with van der Waals surface area (Å²) in [5.74, 6) is -1.40. The molecule has 1 heterocycles. The van der Waals surface area contributed by atoms with Crippen LogP contribution in [0.2, 0.25) is 10.0 Å². The Morgan fingerprint density at radius 1 is 1.17 bits per heavy atom. The molecule has 2 aromatic carbocycles. The molecule has 0 spiro atoms. The number of benzene rings is 2. The number of nitrogens with one attached hydrogen (secondary N) is 2. The number of rotatable bonds is 8. The molecule has 0 aromatic heterocycles. The molecule has 2 aromatic rings. The maximum absolute atomic E-state index is 12.4. The Hall–Kier alpha value is -2.86. The molecule has 0 saturated carbocycles. The van der Waals surface area contributed by atoms with Crippen LogP contribution in [-0.4, -0.2) is 68.4 Å². The third-order valence-electron chi connectivity index (χ3n) is 4.82. The highest BCUT2D eigenvalue weighted by Crippen LogP contribution is 2.36. The normalized spacial score (nSPS) is 13.4. The third-order valence-corrected chi connectivity index (χ3v) is 6.23. The van der Waals surface area contributed by atoms with Gasteiger partial charge in [0.15, 0.2) is 18.1 Å². The fourth-order valence-corrected chi connectivity index (χ4v) is 4.02. The Labute approximate surface area is 226 Å². The minimum atomic E-state index is -1.01. The highest BCUT2D eigenvalue weighted by molar-refractivity contribution is 9.10. The van der Waals surface area contributed by atoms with E-state index in [0.29, 0.717) is 54.4 Å². The maximum atomic E-state index is 12.4. The van der Waals surface area contributed by atoms with Gasteiger partial charge in [0.25, 0.3) is 5.91 Å². The number of hydrogen-bond acceptors (Lipinski definition) is 7. The van der Waals surface area contributed by atoms with Crippen molar-refractivity contribution in [2.75, 3.05) is 44.8 Å². The largest absolute Gasteiger partial charge is 0.490 e. The summed E-state index contributed by atoms with van der Waals surface area (Å²) in [6.45, 7) is 4.04. The van der Waals surface area contributed by atoms with Crippen molar-refractivity contribution in [1.82, 2.24) is 10.3 Å². The van der Waals surface area contributed by atoms with Crippen molar-refractivity contribution < 1.29 is 28.6 Å². The summed E-state index contributed by atoms with van der Waals surface area (Å²) < 4.78 is 17.2. The van der Waals surface area contributed by atoms with Gasteiger partial charge in [-0.3, -0.25) is 14.4 Å². The van der Waals surface area contributed by atoms with E-state index in [9.17, 15) is 14.4 Å². The van der Waals surface area contributed by atoms with Crippen LogP contribution in [0.5, 0.6) is 11.5 Å². The second-order valence-electron chi connectivity index (χ2n) is 7.30. The SMILES string of the molecule is CCOc1cc(/C=N\NC(=O)C(=O)Nc2cccc(Cl)c2Cl)cc(Br)c1OCC(=O)N1CCOCC1. The Bertz CT molecular complexity index is 1160. The van der Waals surface area contributed by atoms with E-state index in [0.717, 1.165) is 0 Å². The van der Waals surface area contributed by atoms with Gasteiger partial charge in [-0.2, -0.15) is 5.10 Å². The minimum Gasteiger partial charge on any atom is -0.490 e. The Morgan fingerprint density at radius 2 is 1.92 bits per heavy atom. The van der Waals surface area contributed by atoms with Crippen LogP contribution in [0.3, 0.4) is 0 Å². The lowest BCUT2D eigenvalue weighted by molar-refractivity contribution is -0.137. The summed E-state index contributed by atoms with van der Waals surface area (Å²) in [7, 11) is 0. The van der Waals surface area contributed by atoms with Gasteiger partial charge in [-0.05, 0) is 52.7 Å². The third kappa shape index (κ3) is 7.57. The number of amides is 3. The molecule has 0 bridgehead atoms. The summed E-state index contributed by atoms with van der Waals surface area (Å²) >= 11 is 15.3. The molecule has 10 nitrogen and oxygen atoms in total. The van der Waals surface area contributed by atoms with Crippen molar-refractivity contribution >= 4 is 68.8 Å². The second-order valence-corrected chi connectivity index (χ2v) is 8.94. The molecule has 0 aliphatic carbocycles. The van der Waals surface area contributed by atoms with Crippen molar-refractivity contribution in [1.29, 1.82) is 0 Å². The Morgan fingerprint density at radius 3 is 2.64 bits per heavy atom. The van der Waals surface area contributed by atoms with Crippen molar-refractivity contribution in [2.45, 2.75) is 6.92 Å². The molecule has 36 heavy (non-hydrogen) atoms. The monoisotopic (exact) mass is 600 g/mol. The molecule has 1 aliphatic rings. The highest BCUT2D eigenvalue weighted by Gasteiger charge is 2.20. The summed E-state index contributed by atoms with van der Waals surface area (Å²) in [6.07, 6.45) is 1.33. The number of nitrogens with zero attached hydrogens (tertiary/aromatic N) is 2. The summed E-state index contributed by atoms with van der Waals surface area (Å²) in [6, 6.07) is 7.94. The molecule has 192 valence electrons. The van der Waals surface area contributed by atoms with Gasteiger partial charge in [-0.25, -0.2) is 5.43 Å². The van der Waals surface area contributed by atoms with Gasteiger partial charge in [0, 0.05) is 13.1 Å². The predicted octanol–water partition coefficient (Wildman–Crippen LogP) is 3.48. The molecule has 0 atom stereocenters. The van der Waals surface area contributed by atoms with E-state index >= 15 is 0 Å². The van der Waals surface area contributed by atoms with Gasteiger partial charge < -0.3 is 24.4 Å². The van der Waals surface area contributed by atoms with Gasteiger partial charge in [0.05, 0.1) is 46.2 Å². The molecule has 1 fully saturated rings. The van der Waals surface area contributed by atoms with Crippen LogP contribution in [-0.2, 0) is 19.1 Å². The summed E-state index contributed by atoms with van der Waals surface area (Å²) in [5, 5.41) is 6.54. The van der Waals surface area contributed by atoms with Gasteiger partial charge in [0.2, 0.25) is 0 Å². The number of halogens is 3. The van der Waals surface area contributed by atoms with E-state index < -0.39 is 11.8 Å². The van der Waals surface area contributed by atoms with E-state index in [1.54, 1.807) is 29.2 Å². The molecule has 13 heteroatoms. The van der Waals surface area contributed by atoms with E-state index in [1.807, 2.05) is 6.92 Å². The summed E-state index contributed by atoms with van der Waals surface area (Å²) in [4.78, 5) is 38.3. The number of morpholine rings is 1. The van der Waals surface area contributed by atoms with E-state index in [4.69, 9.17) is 37.4 Å². The first-order chi connectivity index (χ1) is 17.3. The molecule has 0 radical (unpaired) electrons. The van der Waals surface area contributed by atoms with Crippen molar-refractivity contribution in [3.05, 3.63) is 50.4 Å². The number of hydrazone groups is 1. The molecular weight excluding hydrogens is 579 g/mol. The van der Waals surface area contributed by atoms with E-state index in [-0.39, 0.29) is 28.2 Å². The van der Waals surface area contributed by atoms with Crippen LogP contribution in [0.15, 0.2) is 39.9 Å². The standard InChI is InChI=1S/C23H23BrCl2N4O6/c1-2-35-18-11-14(10-15(24)21(18)36-13-19(31)30-6-8-34-9-7-30)12-27-29-23(33)22(32)28-17-5-3-4-16(25)20(17)26/h3-5,10-12H,2,6-9,13H2,1H3,(H,28,32)(H,29,33)/b27-12-. The molecular formula is C23H23BrCl2N4O6. The quantitative estimate of drug-likeness (QED) is 0.272. The average Bonchev–Trinajstić information content (AvgIpc) is 2.86. The molecule has 0 unspecified atom stereocenters. The highest BCUT2D eigenvalue weighted by atomic mass is 79.9. The van der Waals surface area contributed by atoms with Crippen molar-refractivity contribution in [3.8, 4) is 11.5 Å². The van der Waals surface area contributed by atoms with Crippen LogP contribution in [0, 0.1) is 0 Å². The zero-order valence-electron chi connectivity index (χ0n) is 19.2. The number of hydrogen-bond donors (Lipinski definition) is 2. The Balaban J connectivity index is 1.62. The van der Waals surface area contributed by atoms with Crippen LogP contribution in [0.4, 0.5) is 5.69 Å². The van der Waals surface area contributed by atoms with Crippen LogP contribution >= 0.6 is 39.1 Å². The lowest BCUT2D eigenvalue weighted by Gasteiger charge is -2.27. The fourth-order valence-electron chi connectivity index (χ4n) is 3.10. The smallest absolute Gasteiger partial charge is 0.329 e. The predicted molar refractivity (Wildman–Crippen MR) is 139 cm³/mol. The van der Waals surface area contributed by atoms with Gasteiger partial charge in [0.1, 0.15) is 0 Å².